The molecule has 0 unspecified atom stereocenters. The third kappa shape index (κ3) is 3.19. The normalized spacial score (nSPS) is 7.92. The van der Waals surface area contributed by atoms with Gasteiger partial charge >= 0.3 is 0 Å². The van der Waals surface area contributed by atoms with Gasteiger partial charge in [-0.3, -0.25) is 0 Å². The summed E-state index contributed by atoms with van der Waals surface area (Å²) >= 11 is 0. The Bertz CT molecular complexity index is 233. The molecule has 0 N–H and O–H groups in total. The second-order valence-electron chi connectivity index (χ2n) is 1.81. The second-order valence-corrected chi connectivity index (χ2v) is 1.81. The first-order valence-electron chi connectivity index (χ1n) is 4.00. The first kappa shape index (κ1) is 10.7. The zero-order valence-electron chi connectivity index (χ0n) is 7.87. The van der Waals surface area contributed by atoms with E-state index in [9.17, 15) is 0 Å². The van der Waals surface area contributed by atoms with Crippen LogP contribution in [0.1, 0.15) is 19.5 Å². The number of pyridine rings is 1. The standard InChI is InChI=1S/C8H9NO.C2H6/c1-3-7-5-4-6-8(9-7)10-2;1-2/h3-6H,1H2,2H3;1-2H3. The summed E-state index contributed by atoms with van der Waals surface area (Å²) in [4.78, 5) is 4.07. The molecule has 0 amide bonds. The van der Waals surface area contributed by atoms with Gasteiger partial charge in [0.2, 0.25) is 5.88 Å². The first-order chi connectivity index (χ1) is 5.86. The monoisotopic (exact) mass is 165 g/mol. The van der Waals surface area contributed by atoms with Gasteiger partial charge in [-0.1, -0.05) is 26.5 Å². The molecule has 0 atom stereocenters. The summed E-state index contributed by atoms with van der Waals surface area (Å²) in [6.45, 7) is 7.59. The van der Waals surface area contributed by atoms with Crippen molar-refractivity contribution in [3.05, 3.63) is 30.5 Å². The number of ether oxygens (including phenoxy) is 1. The fraction of sp³-hybridized carbons (Fsp3) is 0.300. The van der Waals surface area contributed by atoms with Crippen LogP contribution >= 0.6 is 0 Å². The summed E-state index contributed by atoms with van der Waals surface area (Å²) in [5, 5.41) is 0. The molecular weight excluding hydrogens is 150 g/mol. The van der Waals surface area contributed by atoms with Crippen LogP contribution in [0.5, 0.6) is 5.88 Å². The number of nitrogens with zero attached hydrogens (tertiary/aromatic N) is 1. The molecule has 0 radical (unpaired) electrons. The lowest BCUT2D eigenvalue weighted by Gasteiger charge is -1.97. The zero-order valence-corrected chi connectivity index (χ0v) is 7.87. The molecule has 0 saturated heterocycles. The summed E-state index contributed by atoms with van der Waals surface area (Å²) in [5.74, 6) is 0.623. The molecule has 1 heterocycles. The summed E-state index contributed by atoms with van der Waals surface area (Å²) in [6, 6.07) is 5.55. The van der Waals surface area contributed by atoms with Gasteiger partial charge in [-0.25, -0.2) is 4.98 Å². The van der Waals surface area contributed by atoms with Crippen LogP contribution in [-0.4, -0.2) is 12.1 Å². The maximum absolute atomic E-state index is 4.90. The van der Waals surface area contributed by atoms with Gasteiger partial charge in [0.05, 0.1) is 12.8 Å². The molecule has 0 spiro atoms. The highest BCUT2D eigenvalue weighted by Crippen LogP contribution is 2.06. The van der Waals surface area contributed by atoms with Crippen LogP contribution < -0.4 is 4.74 Å². The number of methoxy groups -OCH3 is 1. The number of rotatable bonds is 2. The maximum atomic E-state index is 4.90. The number of aromatic nitrogens is 1. The highest BCUT2D eigenvalue weighted by atomic mass is 16.5. The topological polar surface area (TPSA) is 22.1 Å². The zero-order chi connectivity index (χ0) is 9.40. The van der Waals surface area contributed by atoms with Crippen molar-refractivity contribution in [1.29, 1.82) is 0 Å². The van der Waals surface area contributed by atoms with Crippen molar-refractivity contribution < 1.29 is 4.74 Å². The molecule has 0 aliphatic rings. The molecule has 1 aromatic heterocycles. The predicted molar refractivity (Wildman–Crippen MR) is 52.2 cm³/mol. The lowest BCUT2D eigenvalue weighted by molar-refractivity contribution is 0.397. The summed E-state index contributed by atoms with van der Waals surface area (Å²) in [5.41, 5.74) is 0.833. The lowest BCUT2D eigenvalue weighted by atomic mass is 10.3. The number of hydrogen-bond donors (Lipinski definition) is 0. The molecule has 2 heteroatoms. The van der Waals surface area contributed by atoms with Crippen LogP contribution in [-0.2, 0) is 0 Å². The summed E-state index contributed by atoms with van der Waals surface area (Å²) in [7, 11) is 1.59. The molecule has 2 nitrogen and oxygen atoms in total. The van der Waals surface area contributed by atoms with E-state index in [4.69, 9.17) is 4.74 Å². The van der Waals surface area contributed by atoms with E-state index in [0.29, 0.717) is 5.88 Å². The molecule has 0 bridgehead atoms. The maximum Gasteiger partial charge on any atom is 0.213 e. The minimum atomic E-state index is 0.623. The minimum Gasteiger partial charge on any atom is -0.481 e. The van der Waals surface area contributed by atoms with Crippen molar-refractivity contribution >= 4 is 6.08 Å². The predicted octanol–water partition coefficient (Wildman–Crippen LogP) is 2.76. The van der Waals surface area contributed by atoms with Crippen molar-refractivity contribution in [2.24, 2.45) is 0 Å². The average Bonchev–Trinajstić information content (AvgIpc) is 2.21. The molecular formula is C10H15NO. The Kier molecular flexibility index (Phi) is 5.70. The van der Waals surface area contributed by atoms with Crippen LogP contribution in [0.4, 0.5) is 0 Å². The average molecular weight is 165 g/mol. The molecule has 1 aromatic rings. The third-order valence-electron chi connectivity index (χ3n) is 1.16. The van der Waals surface area contributed by atoms with Gasteiger partial charge in [-0.2, -0.15) is 0 Å². The van der Waals surface area contributed by atoms with Crippen molar-refractivity contribution in [3.8, 4) is 5.88 Å². The van der Waals surface area contributed by atoms with Gasteiger partial charge in [0.15, 0.2) is 0 Å². The van der Waals surface area contributed by atoms with E-state index < -0.39 is 0 Å². The Balaban J connectivity index is 0.000000561. The Morgan fingerprint density at radius 3 is 2.58 bits per heavy atom. The lowest BCUT2D eigenvalue weighted by Crippen LogP contribution is -1.87. The van der Waals surface area contributed by atoms with Gasteiger partial charge in [0, 0.05) is 6.07 Å². The smallest absolute Gasteiger partial charge is 0.213 e. The molecule has 0 aliphatic carbocycles. The molecule has 66 valence electrons. The van der Waals surface area contributed by atoms with Gasteiger partial charge in [0.1, 0.15) is 0 Å². The minimum absolute atomic E-state index is 0.623. The van der Waals surface area contributed by atoms with E-state index in [1.807, 2.05) is 26.0 Å². The molecule has 12 heavy (non-hydrogen) atoms. The van der Waals surface area contributed by atoms with E-state index in [2.05, 4.69) is 11.6 Å². The number of hydrogen-bond acceptors (Lipinski definition) is 2. The van der Waals surface area contributed by atoms with E-state index in [1.54, 1.807) is 19.3 Å². The Morgan fingerprint density at radius 1 is 1.42 bits per heavy atom. The summed E-state index contributed by atoms with van der Waals surface area (Å²) < 4.78 is 4.90. The van der Waals surface area contributed by atoms with E-state index in [0.717, 1.165) is 5.69 Å². The molecule has 1 rings (SSSR count). The largest absolute Gasteiger partial charge is 0.481 e. The molecule has 0 aliphatic heterocycles. The fourth-order valence-electron chi connectivity index (χ4n) is 0.658. The second kappa shape index (κ2) is 6.40. The third-order valence-corrected chi connectivity index (χ3v) is 1.16. The van der Waals surface area contributed by atoms with Crippen LogP contribution in [0, 0.1) is 0 Å². The van der Waals surface area contributed by atoms with Crippen LogP contribution in [0.2, 0.25) is 0 Å². The van der Waals surface area contributed by atoms with E-state index >= 15 is 0 Å². The van der Waals surface area contributed by atoms with E-state index in [-0.39, 0.29) is 0 Å². The van der Waals surface area contributed by atoms with Gasteiger partial charge in [-0.05, 0) is 12.1 Å². The van der Waals surface area contributed by atoms with Crippen LogP contribution in [0.3, 0.4) is 0 Å². The van der Waals surface area contributed by atoms with Crippen molar-refractivity contribution in [2.75, 3.05) is 7.11 Å². The Morgan fingerprint density at radius 2 is 2.08 bits per heavy atom. The highest BCUT2D eigenvalue weighted by Gasteiger charge is 1.90. The first-order valence-corrected chi connectivity index (χ1v) is 4.00. The van der Waals surface area contributed by atoms with Gasteiger partial charge in [0.25, 0.3) is 0 Å². The molecule has 0 fully saturated rings. The SMILES string of the molecule is C=Cc1cccc(OC)n1.CC. The Labute approximate surface area is 73.9 Å². The van der Waals surface area contributed by atoms with Crippen molar-refractivity contribution in [1.82, 2.24) is 4.98 Å². The highest BCUT2D eigenvalue weighted by molar-refractivity contribution is 5.42. The van der Waals surface area contributed by atoms with Crippen LogP contribution in [0.15, 0.2) is 24.8 Å². The van der Waals surface area contributed by atoms with Crippen LogP contribution in [0.25, 0.3) is 6.08 Å². The summed E-state index contributed by atoms with van der Waals surface area (Å²) in [6.07, 6.45) is 1.68. The molecule has 0 aromatic carbocycles. The fourth-order valence-corrected chi connectivity index (χ4v) is 0.658. The quantitative estimate of drug-likeness (QED) is 0.672. The van der Waals surface area contributed by atoms with Gasteiger partial charge < -0.3 is 4.74 Å². The van der Waals surface area contributed by atoms with Crippen molar-refractivity contribution in [2.45, 2.75) is 13.8 Å². The Hall–Kier alpha value is -1.31. The van der Waals surface area contributed by atoms with Crippen molar-refractivity contribution in [3.63, 3.8) is 0 Å². The molecule has 0 saturated carbocycles. The van der Waals surface area contributed by atoms with Gasteiger partial charge in [-0.15, -0.1) is 0 Å². The van der Waals surface area contributed by atoms with E-state index in [1.165, 1.54) is 0 Å².